The predicted molar refractivity (Wildman–Crippen MR) is 40.8 cm³/mol. The number of hydrogen-bond acceptors (Lipinski definition) is 4. The molecule has 0 unspecified atom stereocenters. The van der Waals surface area contributed by atoms with E-state index in [0.717, 1.165) is 4.68 Å². The van der Waals surface area contributed by atoms with Crippen molar-refractivity contribution < 1.29 is 9.50 Å². The second-order valence-corrected chi connectivity index (χ2v) is 2.36. The standard InChI is InChI=1S/C7H5FN4O/c8-5-2-1-3-6(13)7(5)12-4-9-10-11-12/h1-4,13H. The Morgan fingerprint density at radius 1 is 1.38 bits per heavy atom. The lowest BCUT2D eigenvalue weighted by Gasteiger charge is -2.02. The Bertz CT molecular complexity index is 394. The summed E-state index contributed by atoms with van der Waals surface area (Å²) in [6.45, 7) is 0. The summed E-state index contributed by atoms with van der Waals surface area (Å²) in [5.41, 5.74) is -0.0486. The quantitative estimate of drug-likeness (QED) is 0.694. The van der Waals surface area contributed by atoms with Gasteiger partial charge < -0.3 is 5.11 Å². The molecule has 0 fully saturated rings. The van der Waals surface area contributed by atoms with Gasteiger partial charge in [-0.25, -0.2) is 4.39 Å². The van der Waals surface area contributed by atoms with Crippen LogP contribution in [0.1, 0.15) is 0 Å². The van der Waals surface area contributed by atoms with E-state index >= 15 is 0 Å². The molecule has 2 aromatic rings. The van der Waals surface area contributed by atoms with Crippen molar-refractivity contribution in [3.63, 3.8) is 0 Å². The SMILES string of the molecule is Oc1cccc(F)c1-n1cnnn1. The Balaban J connectivity index is 2.64. The highest BCUT2D eigenvalue weighted by molar-refractivity contribution is 5.45. The van der Waals surface area contributed by atoms with E-state index in [-0.39, 0.29) is 11.4 Å². The molecular formula is C7H5FN4O. The summed E-state index contributed by atoms with van der Waals surface area (Å²) in [4.78, 5) is 0. The van der Waals surface area contributed by atoms with E-state index in [1.807, 2.05) is 0 Å². The molecule has 1 aromatic carbocycles. The Kier molecular flexibility index (Phi) is 1.66. The zero-order valence-electron chi connectivity index (χ0n) is 6.42. The number of aromatic nitrogens is 4. The normalized spacial score (nSPS) is 10.2. The fourth-order valence-corrected chi connectivity index (χ4v) is 0.994. The van der Waals surface area contributed by atoms with Gasteiger partial charge in [-0.15, -0.1) is 5.10 Å². The molecule has 13 heavy (non-hydrogen) atoms. The topological polar surface area (TPSA) is 63.8 Å². The van der Waals surface area contributed by atoms with Gasteiger partial charge >= 0.3 is 0 Å². The smallest absolute Gasteiger partial charge is 0.152 e. The lowest BCUT2D eigenvalue weighted by Crippen LogP contribution is -1.98. The molecular weight excluding hydrogens is 175 g/mol. The van der Waals surface area contributed by atoms with Crippen LogP contribution in [0.2, 0.25) is 0 Å². The average Bonchev–Trinajstić information content (AvgIpc) is 2.57. The first kappa shape index (κ1) is 7.66. The number of halogens is 1. The average molecular weight is 180 g/mol. The minimum Gasteiger partial charge on any atom is -0.506 e. The first-order chi connectivity index (χ1) is 6.29. The van der Waals surface area contributed by atoms with Gasteiger partial charge in [0.05, 0.1) is 0 Å². The predicted octanol–water partition coefficient (Wildman–Crippen LogP) is 0.507. The highest BCUT2D eigenvalue weighted by atomic mass is 19.1. The van der Waals surface area contributed by atoms with Crippen LogP contribution in [0.5, 0.6) is 5.75 Å². The maximum Gasteiger partial charge on any atom is 0.152 e. The Hall–Kier alpha value is -1.98. The van der Waals surface area contributed by atoms with Crippen LogP contribution < -0.4 is 0 Å². The van der Waals surface area contributed by atoms with Crippen LogP contribution in [0.3, 0.4) is 0 Å². The molecule has 0 aliphatic carbocycles. The van der Waals surface area contributed by atoms with E-state index in [0.29, 0.717) is 0 Å². The van der Waals surface area contributed by atoms with Crippen molar-refractivity contribution in [2.24, 2.45) is 0 Å². The fourth-order valence-electron chi connectivity index (χ4n) is 0.994. The van der Waals surface area contributed by atoms with Gasteiger partial charge in [-0.3, -0.25) is 0 Å². The number of para-hydroxylation sites is 1. The minimum absolute atomic E-state index is 0.0486. The number of rotatable bonds is 1. The van der Waals surface area contributed by atoms with E-state index in [2.05, 4.69) is 15.5 Å². The minimum atomic E-state index is -0.577. The van der Waals surface area contributed by atoms with Crippen LogP contribution in [-0.2, 0) is 0 Å². The van der Waals surface area contributed by atoms with Crippen LogP contribution in [-0.4, -0.2) is 25.3 Å². The van der Waals surface area contributed by atoms with Crippen LogP contribution in [0.15, 0.2) is 24.5 Å². The number of aromatic hydroxyl groups is 1. The zero-order valence-corrected chi connectivity index (χ0v) is 6.42. The van der Waals surface area contributed by atoms with Gasteiger partial charge in [0.2, 0.25) is 0 Å². The second kappa shape index (κ2) is 2.81. The molecule has 2 rings (SSSR count). The van der Waals surface area contributed by atoms with Crippen molar-refractivity contribution in [2.45, 2.75) is 0 Å². The number of phenols is 1. The van der Waals surface area contributed by atoms with E-state index < -0.39 is 5.82 Å². The molecule has 0 aliphatic heterocycles. The highest BCUT2D eigenvalue weighted by Crippen LogP contribution is 2.22. The number of benzene rings is 1. The number of nitrogens with zero attached hydrogens (tertiary/aromatic N) is 4. The molecule has 0 spiro atoms. The third-order valence-electron chi connectivity index (χ3n) is 1.54. The molecule has 5 nitrogen and oxygen atoms in total. The first-order valence-electron chi connectivity index (χ1n) is 3.50. The van der Waals surface area contributed by atoms with Gasteiger partial charge in [0.1, 0.15) is 17.8 Å². The largest absolute Gasteiger partial charge is 0.506 e. The van der Waals surface area contributed by atoms with Crippen molar-refractivity contribution in [2.75, 3.05) is 0 Å². The van der Waals surface area contributed by atoms with Crippen molar-refractivity contribution in [3.8, 4) is 11.4 Å². The van der Waals surface area contributed by atoms with E-state index in [1.54, 1.807) is 0 Å². The van der Waals surface area contributed by atoms with Gasteiger partial charge in [-0.2, -0.15) is 4.68 Å². The molecule has 66 valence electrons. The highest BCUT2D eigenvalue weighted by Gasteiger charge is 2.10. The molecule has 1 heterocycles. The molecule has 0 bridgehead atoms. The second-order valence-electron chi connectivity index (χ2n) is 2.36. The Morgan fingerprint density at radius 2 is 2.23 bits per heavy atom. The number of phenolic OH excluding ortho intramolecular Hbond substituents is 1. The molecule has 0 radical (unpaired) electrons. The fraction of sp³-hybridized carbons (Fsp3) is 0. The summed E-state index contributed by atoms with van der Waals surface area (Å²) in [7, 11) is 0. The number of tetrazole rings is 1. The third-order valence-corrected chi connectivity index (χ3v) is 1.54. The maximum absolute atomic E-state index is 13.1. The summed E-state index contributed by atoms with van der Waals surface area (Å²) in [5.74, 6) is -0.778. The van der Waals surface area contributed by atoms with Crippen LogP contribution in [0, 0.1) is 5.82 Å². The van der Waals surface area contributed by atoms with Gasteiger partial charge in [-0.1, -0.05) is 6.07 Å². The molecule has 0 saturated carbocycles. The monoisotopic (exact) mass is 180 g/mol. The molecule has 0 aliphatic rings. The Labute approximate surface area is 72.4 Å². The van der Waals surface area contributed by atoms with Crippen LogP contribution in [0.25, 0.3) is 5.69 Å². The van der Waals surface area contributed by atoms with Crippen molar-refractivity contribution >= 4 is 0 Å². The Morgan fingerprint density at radius 3 is 2.85 bits per heavy atom. The van der Waals surface area contributed by atoms with E-state index in [4.69, 9.17) is 0 Å². The van der Waals surface area contributed by atoms with Gasteiger partial charge in [0, 0.05) is 0 Å². The lowest BCUT2D eigenvalue weighted by molar-refractivity contribution is 0.461. The summed E-state index contributed by atoms with van der Waals surface area (Å²) in [5, 5.41) is 19.4. The van der Waals surface area contributed by atoms with Gasteiger partial charge in [-0.05, 0) is 22.6 Å². The molecule has 0 saturated heterocycles. The van der Waals surface area contributed by atoms with Gasteiger partial charge in [0.25, 0.3) is 0 Å². The molecule has 1 N–H and O–H groups in total. The van der Waals surface area contributed by atoms with E-state index in [1.165, 1.54) is 24.5 Å². The maximum atomic E-state index is 13.1. The van der Waals surface area contributed by atoms with E-state index in [9.17, 15) is 9.50 Å². The summed E-state index contributed by atoms with van der Waals surface area (Å²) >= 11 is 0. The van der Waals surface area contributed by atoms with Crippen LogP contribution >= 0.6 is 0 Å². The molecule has 6 heteroatoms. The first-order valence-corrected chi connectivity index (χ1v) is 3.50. The lowest BCUT2D eigenvalue weighted by atomic mass is 10.3. The zero-order chi connectivity index (χ0) is 9.26. The molecule has 1 aromatic heterocycles. The van der Waals surface area contributed by atoms with Crippen molar-refractivity contribution in [1.29, 1.82) is 0 Å². The number of hydrogen-bond donors (Lipinski definition) is 1. The molecule has 0 atom stereocenters. The summed E-state index contributed by atoms with van der Waals surface area (Å²) < 4.78 is 14.2. The summed E-state index contributed by atoms with van der Waals surface area (Å²) in [6, 6.07) is 3.98. The third kappa shape index (κ3) is 1.22. The van der Waals surface area contributed by atoms with Crippen molar-refractivity contribution in [3.05, 3.63) is 30.3 Å². The van der Waals surface area contributed by atoms with Gasteiger partial charge in [0.15, 0.2) is 5.82 Å². The molecule has 0 amide bonds. The summed E-state index contributed by atoms with van der Waals surface area (Å²) in [6.07, 6.45) is 1.21. The van der Waals surface area contributed by atoms with Crippen molar-refractivity contribution in [1.82, 2.24) is 20.2 Å². The van der Waals surface area contributed by atoms with Crippen LogP contribution in [0.4, 0.5) is 4.39 Å².